The monoisotopic (exact) mass is 734 g/mol. The van der Waals surface area contributed by atoms with Gasteiger partial charge in [0.05, 0.1) is 37.0 Å². The summed E-state index contributed by atoms with van der Waals surface area (Å²) in [4.78, 5) is 53.4. The van der Waals surface area contributed by atoms with E-state index in [9.17, 15) is 18.4 Å². The number of halogens is 2. The van der Waals surface area contributed by atoms with Crippen molar-refractivity contribution in [2.24, 2.45) is 0 Å². The van der Waals surface area contributed by atoms with E-state index in [1.165, 1.54) is 61.3 Å². The Balaban J connectivity index is 0.000000270. The summed E-state index contributed by atoms with van der Waals surface area (Å²) in [5.41, 5.74) is 0. The number of thiazole rings is 2. The molecule has 2 aliphatic heterocycles. The lowest BCUT2D eigenvalue weighted by Gasteiger charge is -2.22. The lowest BCUT2D eigenvalue weighted by atomic mass is 10.2. The molecule has 6 rings (SSSR count). The summed E-state index contributed by atoms with van der Waals surface area (Å²) in [6.07, 6.45) is 11.2. The van der Waals surface area contributed by atoms with Crippen molar-refractivity contribution in [2.75, 3.05) is 50.0 Å². The van der Waals surface area contributed by atoms with Crippen LogP contribution in [0.3, 0.4) is 0 Å². The third-order valence-electron chi connectivity index (χ3n) is 7.47. The molecule has 2 amide bonds. The van der Waals surface area contributed by atoms with Crippen molar-refractivity contribution in [2.45, 2.75) is 64.8 Å². The summed E-state index contributed by atoms with van der Waals surface area (Å²) in [5, 5.41) is 6.63. The van der Waals surface area contributed by atoms with Gasteiger partial charge in [-0.2, -0.15) is 0 Å². The van der Waals surface area contributed by atoms with Crippen LogP contribution in [-0.2, 0) is 45.0 Å². The number of ether oxygens (including phenoxy) is 2. The van der Waals surface area contributed by atoms with Crippen molar-refractivity contribution in [1.29, 1.82) is 0 Å². The molecule has 0 spiro atoms. The fraction of sp³-hybridized carbons (Fsp3) is 0.500. The van der Waals surface area contributed by atoms with Gasteiger partial charge in [0.1, 0.15) is 11.6 Å². The topological polar surface area (TPSA) is 160 Å². The third kappa shape index (κ3) is 12.7. The van der Waals surface area contributed by atoms with Crippen molar-refractivity contribution in [3.8, 4) is 0 Å². The predicted octanol–water partition coefficient (Wildman–Crippen LogP) is 4.22. The number of carbonyl (C=O) groups is 2. The Labute approximate surface area is 299 Å². The van der Waals surface area contributed by atoms with Gasteiger partial charge in [-0.1, -0.05) is 0 Å². The molecule has 0 radical (unpaired) electrons. The van der Waals surface area contributed by atoms with Crippen LogP contribution >= 0.6 is 22.7 Å². The molecular formula is C32H44F2N10O4S2. The fourth-order valence-corrected chi connectivity index (χ4v) is 7.19. The molecule has 272 valence electrons. The molecule has 0 bridgehead atoms. The molecule has 4 aromatic heterocycles. The van der Waals surface area contributed by atoms with Crippen LogP contribution in [0.1, 0.15) is 50.9 Å². The molecule has 6 heterocycles. The Kier molecular flexibility index (Phi) is 14.1. The van der Waals surface area contributed by atoms with Crippen LogP contribution in [0.15, 0.2) is 37.2 Å². The maximum absolute atomic E-state index is 12.9. The van der Waals surface area contributed by atoms with Gasteiger partial charge < -0.3 is 20.1 Å². The summed E-state index contributed by atoms with van der Waals surface area (Å²) >= 11 is 2.95. The van der Waals surface area contributed by atoms with E-state index in [2.05, 4.69) is 50.3 Å². The minimum absolute atomic E-state index is 0. The number of rotatable bonds is 10. The lowest BCUT2D eigenvalue weighted by molar-refractivity contribution is -0.115. The average Bonchev–Trinajstić information content (AvgIpc) is 3.55. The second kappa shape index (κ2) is 18.9. The molecule has 2 N–H and O–H groups in total. The molecule has 4 aromatic rings. The summed E-state index contributed by atoms with van der Waals surface area (Å²) in [7, 11) is 0. The molecule has 14 nitrogen and oxygen atoms in total. The van der Waals surface area contributed by atoms with E-state index in [1.54, 1.807) is 12.4 Å². The van der Waals surface area contributed by atoms with Gasteiger partial charge in [-0.3, -0.25) is 19.4 Å². The zero-order valence-corrected chi connectivity index (χ0v) is 29.5. The fourth-order valence-electron chi connectivity index (χ4n) is 5.39. The maximum Gasteiger partial charge on any atom is 0.223 e. The second-order valence-electron chi connectivity index (χ2n) is 11.8. The Hall–Kier alpha value is -3.94. The van der Waals surface area contributed by atoms with Crippen molar-refractivity contribution in [3.05, 3.63) is 70.2 Å². The van der Waals surface area contributed by atoms with Crippen molar-refractivity contribution >= 4 is 44.8 Å². The molecule has 2 fully saturated rings. The molecule has 2 atom stereocenters. The summed E-state index contributed by atoms with van der Waals surface area (Å²) < 4.78 is 37.6. The lowest BCUT2D eigenvalue weighted by Crippen LogP contribution is -2.32. The number of carbonyl (C=O) groups excluding carboxylic acids is 2. The number of hydrogen-bond donors (Lipinski definition) is 2. The number of nitrogens with zero attached hydrogens (tertiary/aromatic N) is 8. The van der Waals surface area contributed by atoms with Crippen LogP contribution in [0.5, 0.6) is 0 Å². The third-order valence-corrected chi connectivity index (χ3v) is 9.26. The van der Waals surface area contributed by atoms with Crippen LogP contribution in [0.25, 0.3) is 0 Å². The number of nitrogens with one attached hydrogen (secondary N) is 2. The molecule has 2 aliphatic rings. The Morgan fingerprint density at radius 2 is 1.12 bits per heavy atom. The van der Waals surface area contributed by atoms with Gasteiger partial charge in [-0.05, 0) is 12.8 Å². The molecule has 0 aliphatic carbocycles. The number of anilines is 2. The first-order valence-electron chi connectivity index (χ1n) is 16.2. The van der Waals surface area contributed by atoms with E-state index in [0.29, 0.717) is 48.0 Å². The Morgan fingerprint density at radius 1 is 0.720 bits per heavy atom. The first-order chi connectivity index (χ1) is 24.2. The minimum Gasteiger partial charge on any atom is -0.376 e. The summed E-state index contributed by atoms with van der Waals surface area (Å²) in [6.45, 7) is 9.14. The van der Waals surface area contributed by atoms with E-state index >= 15 is 0 Å². The van der Waals surface area contributed by atoms with Crippen LogP contribution in [-0.4, -0.2) is 103 Å². The molecule has 0 aromatic carbocycles. The highest BCUT2D eigenvalue weighted by Crippen LogP contribution is 2.22. The van der Waals surface area contributed by atoms with Crippen LogP contribution in [0.4, 0.5) is 19.0 Å². The van der Waals surface area contributed by atoms with E-state index in [0.717, 1.165) is 61.9 Å². The van der Waals surface area contributed by atoms with Gasteiger partial charge in [0.15, 0.2) is 21.9 Å². The predicted molar refractivity (Wildman–Crippen MR) is 188 cm³/mol. The average molecular weight is 735 g/mol. The number of amides is 2. The van der Waals surface area contributed by atoms with E-state index in [-0.39, 0.29) is 26.9 Å². The van der Waals surface area contributed by atoms with Crippen molar-refractivity contribution in [3.63, 3.8) is 0 Å². The molecule has 0 saturated carbocycles. The zero-order chi connectivity index (χ0) is 35.3. The largest absolute Gasteiger partial charge is 0.376 e. The highest BCUT2D eigenvalue weighted by atomic mass is 32.1. The number of hydrogen-bond acceptors (Lipinski definition) is 14. The maximum atomic E-state index is 12.9. The van der Waals surface area contributed by atoms with E-state index in [1.807, 2.05) is 0 Å². The number of aromatic nitrogens is 6. The highest BCUT2D eigenvalue weighted by Gasteiger charge is 2.22. The molecule has 18 heteroatoms. The first-order valence-corrected chi connectivity index (χ1v) is 17.9. The van der Waals surface area contributed by atoms with Crippen LogP contribution in [0, 0.1) is 11.6 Å². The SMILES string of the molecule is CC(=O)Nc1ncc(CN2CCCO[C@@H](Cc3ncc(F)cn3)C2)s1.CC(=O)Nc1ncc(CN2CCCO[C@H](Cc3ncc(F)cn3)C2)s1.[HH].[HH]. The van der Waals surface area contributed by atoms with Crippen LogP contribution < -0.4 is 10.6 Å². The molecule has 0 unspecified atom stereocenters. The van der Waals surface area contributed by atoms with Gasteiger partial charge in [0, 0.05) is 104 Å². The van der Waals surface area contributed by atoms with Gasteiger partial charge in [-0.25, -0.2) is 38.7 Å². The summed E-state index contributed by atoms with van der Waals surface area (Å²) in [6, 6.07) is 0. The van der Waals surface area contributed by atoms with Gasteiger partial charge >= 0.3 is 0 Å². The summed E-state index contributed by atoms with van der Waals surface area (Å²) in [5.74, 6) is 0.0458. The highest BCUT2D eigenvalue weighted by molar-refractivity contribution is 7.16. The normalized spacial score (nSPS) is 18.7. The Bertz CT molecular complexity index is 1550. The van der Waals surface area contributed by atoms with Gasteiger partial charge in [0.2, 0.25) is 11.8 Å². The van der Waals surface area contributed by atoms with Crippen molar-refractivity contribution < 1.29 is 30.7 Å². The smallest absolute Gasteiger partial charge is 0.223 e. The minimum atomic E-state index is -0.438. The van der Waals surface area contributed by atoms with Gasteiger partial charge in [-0.15, -0.1) is 22.7 Å². The molecule has 2 saturated heterocycles. The van der Waals surface area contributed by atoms with E-state index in [4.69, 9.17) is 9.47 Å². The molecular weight excluding hydrogens is 691 g/mol. The quantitative estimate of drug-likeness (QED) is 0.239. The van der Waals surface area contributed by atoms with E-state index < -0.39 is 11.6 Å². The van der Waals surface area contributed by atoms with Crippen molar-refractivity contribution in [1.82, 2.24) is 39.7 Å². The second-order valence-corrected chi connectivity index (χ2v) is 14.1. The van der Waals surface area contributed by atoms with Gasteiger partial charge in [0.25, 0.3) is 0 Å². The standard InChI is InChI=1S/2C16H20FN5O2S.2H2/c2*1-11(23)21-16-20-8-14(25-16)10-22-3-2-4-24-13(9-22)5-15-18-6-12(17)7-19-15;;/h2*6-8,13H,2-5,9-10H2,1H3,(H,20,21,23);2*1H/t2*13-;;/m10../s1. The zero-order valence-electron chi connectivity index (χ0n) is 27.9. The Morgan fingerprint density at radius 3 is 1.50 bits per heavy atom. The first kappa shape index (κ1) is 37.3. The molecule has 50 heavy (non-hydrogen) atoms. The van der Waals surface area contributed by atoms with Crippen LogP contribution in [0.2, 0.25) is 0 Å².